The summed E-state index contributed by atoms with van der Waals surface area (Å²) >= 11 is -1.98. The van der Waals surface area contributed by atoms with Crippen LogP contribution >= 0.6 is 0 Å². The largest absolute Gasteiger partial charge is 0.305 e. The molecule has 8 aromatic rings. The maximum atomic E-state index is 6.54. The molecule has 4 heterocycles. The zero-order chi connectivity index (χ0) is 31.8. The van der Waals surface area contributed by atoms with Gasteiger partial charge in [-0.05, 0) is 11.8 Å². The Morgan fingerprint density at radius 3 is 2.26 bits per heavy atom. The van der Waals surface area contributed by atoms with Gasteiger partial charge in [0.25, 0.3) is 0 Å². The molecule has 0 amide bonds. The second-order valence-electron chi connectivity index (χ2n) is 12.5. The molecule has 0 saturated carbocycles. The zero-order valence-electron chi connectivity index (χ0n) is 27.0. The van der Waals surface area contributed by atoms with Crippen molar-refractivity contribution in [3.05, 3.63) is 139 Å². The Morgan fingerprint density at radius 1 is 0.745 bits per heavy atom. The van der Waals surface area contributed by atoms with Gasteiger partial charge >= 0.3 is 202 Å². The summed E-state index contributed by atoms with van der Waals surface area (Å²) in [6.45, 7) is 4.05. The third kappa shape index (κ3) is 6.46. The fourth-order valence-electron chi connectivity index (χ4n) is 5.84. The Hall–Kier alpha value is -4.36. The first-order valence-electron chi connectivity index (χ1n) is 15.5. The molecule has 0 aliphatic carbocycles. The third-order valence-corrected chi connectivity index (χ3v) is 12.4. The van der Waals surface area contributed by atoms with Crippen LogP contribution in [-0.4, -0.2) is 32.8 Å². The monoisotopic (exact) mass is 853 g/mol. The van der Waals surface area contributed by atoms with E-state index in [2.05, 4.69) is 98.5 Å². The second kappa shape index (κ2) is 13.4. The molecule has 5 nitrogen and oxygen atoms in total. The van der Waals surface area contributed by atoms with E-state index in [-0.39, 0.29) is 20.1 Å². The van der Waals surface area contributed by atoms with E-state index in [0.29, 0.717) is 0 Å². The first-order valence-corrected chi connectivity index (χ1v) is 22.8. The number of para-hydroxylation sites is 1. The number of nitrogens with zero attached hydrogens (tertiary/aromatic N) is 4. The van der Waals surface area contributed by atoms with Gasteiger partial charge in [0.1, 0.15) is 0 Å². The van der Waals surface area contributed by atoms with Crippen molar-refractivity contribution in [2.75, 3.05) is 0 Å². The number of furan rings is 1. The van der Waals surface area contributed by atoms with Crippen molar-refractivity contribution in [3.63, 3.8) is 0 Å². The summed E-state index contributed by atoms with van der Waals surface area (Å²) in [6.07, 6.45) is 1.79. The summed E-state index contributed by atoms with van der Waals surface area (Å²) in [5.41, 5.74) is 9.51. The van der Waals surface area contributed by atoms with Gasteiger partial charge in [-0.15, -0.1) is 35.9 Å². The van der Waals surface area contributed by atoms with Gasteiger partial charge in [-0.1, -0.05) is 12.1 Å². The molecule has 47 heavy (non-hydrogen) atoms. The zero-order valence-corrected chi connectivity index (χ0v) is 31.5. The van der Waals surface area contributed by atoms with Gasteiger partial charge in [-0.25, -0.2) is 0 Å². The molecular formula is C40H34GeIrN4O-2. The number of aromatic nitrogens is 4. The summed E-state index contributed by atoms with van der Waals surface area (Å²) in [7, 11) is 0. The van der Waals surface area contributed by atoms with Crippen LogP contribution in [0.2, 0.25) is 17.3 Å². The maximum Gasteiger partial charge on any atom is 0.0160 e. The van der Waals surface area contributed by atoms with Gasteiger partial charge in [0.05, 0.1) is 0 Å². The van der Waals surface area contributed by atoms with E-state index in [1.165, 1.54) is 4.40 Å². The van der Waals surface area contributed by atoms with Crippen molar-refractivity contribution in [2.45, 2.75) is 31.1 Å². The minimum atomic E-state index is -1.98. The molecule has 0 aliphatic rings. The number of benzene rings is 4. The van der Waals surface area contributed by atoms with Gasteiger partial charge in [0.15, 0.2) is 0 Å². The topological polar surface area (TPSA) is 56.7 Å². The Labute approximate surface area is 291 Å². The summed E-state index contributed by atoms with van der Waals surface area (Å²) in [5.74, 6) is 8.03. The fraction of sp³-hybridized carbons (Fsp3) is 0.125. The fourth-order valence-corrected chi connectivity index (χ4v) is 8.24. The van der Waals surface area contributed by atoms with E-state index in [0.717, 1.165) is 72.7 Å². The van der Waals surface area contributed by atoms with Gasteiger partial charge < -0.3 is 4.98 Å². The summed E-state index contributed by atoms with van der Waals surface area (Å²) in [6, 6.07) is 43.5. The summed E-state index contributed by atoms with van der Waals surface area (Å²) in [5, 5.41) is 2.23. The number of rotatable bonds is 4. The average molecular weight is 852 g/mol. The van der Waals surface area contributed by atoms with Crippen molar-refractivity contribution < 1.29 is 24.5 Å². The Kier molecular flexibility index (Phi) is 9.29. The molecule has 0 bridgehead atoms. The first-order chi connectivity index (χ1) is 22.3. The molecule has 7 heteroatoms. The predicted molar refractivity (Wildman–Crippen MR) is 191 cm³/mol. The molecule has 0 atom stereocenters. The molecule has 0 saturated heterocycles. The van der Waals surface area contributed by atoms with Crippen LogP contribution in [0.3, 0.4) is 0 Å². The van der Waals surface area contributed by atoms with E-state index in [1.54, 1.807) is 6.20 Å². The average Bonchev–Trinajstić information content (AvgIpc) is 3.64. The van der Waals surface area contributed by atoms with Gasteiger partial charge in [0, 0.05) is 26.3 Å². The molecule has 0 aliphatic heterocycles. The molecule has 4 aromatic carbocycles. The number of pyridine rings is 2. The van der Waals surface area contributed by atoms with E-state index < -0.39 is 13.3 Å². The molecule has 0 fully saturated rings. The van der Waals surface area contributed by atoms with Crippen LogP contribution in [0.4, 0.5) is 0 Å². The van der Waals surface area contributed by atoms with Crippen LogP contribution < -0.4 is 4.40 Å². The smallest absolute Gasteiger partial charge is 0.0160 e. The van der Waals surface area contributed by atoms with Crippen molar-refractivity contribution in [3.8, 4) is 28.3 Å². The molecule has 1 radical (unpaired) electrons. The minimum absolute atomic E-state index is 0. The standard InChI is InChI=1S/C29H26GeN3O.C11H8N.Ir/c1-18-16-25-27(19(2)31-18)32-29(33(25)21-10-7-6-8-11-21)24-13-9-12-23-22-15-14-20(30(3,4)5)17-26(22)34-28(23)24;1-2-6-10(7-3-1)11-8-4-5-9-12-11;/h6-12,14-17H,1-5H3;1-6,8-9H;/q2*-1;. The van der Waals surface area contributed by atoms with Crippen molar-refractivity contribution in [2.24, 2.45) is 0 Å². The quantitative estimate of drug-likeness (QED) is 0.131. The molecule has 8 rings (SSSR count). The maximum absolute atomic E-state index is 6.54. The first kappa shape index (κ1) is 32.6. The van der Waals surface area contributed by atoms with Gasteiger partial charge in [0.2, 0.25) is 0 Å². The summed E-state index contributed by atoms with van der Waals surface area (Å²) < 4.78 is 10.2. The van der Waals surface area contributed by atoms with E-state index in [9.17, 15) is 0 Å². The number of hydrogen-bond donors (Lipinski definition) is 0. The van der Waals surface area contributed by atoms with Crippen molar-refractivity contribution in [1.82, 2.24) is 19.5 Å². The Balaban J connectivity index is 0.000000250. The molecule has 0 unspecified atom stereocenters. The SMILES string of the molecule is Cc1cc2c(nc(-c3[c-]ccc4c3oc3c[c]([Ge]([CH3])([CH3])[CH3])ccc34)n2-c2ccccc2)c(C)n1.[Ir].[c-]1ccccc1-c1ccccn1. The predicted octanol–water partition coefficient (Wildman–Crippen LogP) is 9.50. The number of aryl methyl sites for hydroxylation is 2. The van der Waals surface area contributed by atoms with Crippen LogP contribution in [0.5, 0.6) is 0 Å². The van der Waals surface area contributed by atoms with Crippen molar-refractivity contribution in [1.29, 1.82) is 0 Å². The number of fused-ring (bicyclic) bond motifs is 4. The van der Waals surface area contributed by atoms with Gasteiger partial charge in [-0.2, -0.15) is 0 Å². The van der Waals surface area contributed by atoms with Crippen LogP contribution in [0.1, 0.15) is 11.4 Å². The molecular weight excluding hydrogens is 817 g/mol. The van der Waals surface area contributed by atoms with Crippen LogP contribution in [0.15, 0.2) is 120 Å². The van der Waals surface area contributed by atoms with E-state index in [4.69, 9.17) is 9.40 Å². The summed E-state index contributed by atoms with van der Waals surface area (Å²) in [4.78, 5) is 14.0. The minimum Gasteiger partial charge on any atom is -0.305 e. The van der Waals surface area contributed by atoms with Crippen LogP contribution in [-0.2, 0) is 20.1 Å². The van der Waals surface area contributed by atoms with Crippen LogP contribution in [0.25, 0.3) is 61.3 Å². The van der Waals surface area contributed by atoms with E-state index >= 15 is 0 Å². The Morgan fingerprint density at radius 2 is 1.53 bits per heavy atom. The molecule has 235 valence electrons. The number of imidazole rings is 1. The number of hydrogen-bond acceptors (Lipinski definition) is 4. The molecule has 4 aromatic heterocycles. The van der Waals surface area contributed by atoms with Crippen molar-refractivity contribution >= 4 is 50.6 Å². The second-order valence-corrected chi connectivity index (χ2v) is 23.1. The van der Waals surface area contributed by atoms with E-state index in [1.807, 2.05) is 68.4 Å². The Bertz CT molecular complexity index is 2270. The van der Waals surface area contributed by atoms with Crippen LogP contribution in [0, 0.1) is 26.0 Å². The normalized spacial score (nSPS) is 11.3. The molecule has 0 N–H and O–H groups in total. The van der Waals surface area contributed by atoms with Gasteiger partial charge in [-0.3, -0.25) is 0 Å². The molecule has 0 spiro atoms. The third-order valence-electron chi connectivity index (χ3n) is 8.13.